The van der Waals surface area contributed by atoms with E-state index in [0.717, 1.165) is 32.1 Å². The third kappa shape index (κ3) is 46.7. The summed E-state index contributed by atoms with van der Waals surface area (Å²) in [6, 6.07) is 41.3. The highest BCUT2D eigenvalue weighted by Gasteiger charge is 2.34. The topological polar surface area (TPSA) is 415 Å². The number of hydrogen-bond acceptors (Lipinski definition) is 31. The van der Waals surface area contributed by atoms with Gasteiger partial charge in [-0.3, -0.25) is 4.79 Å². The number of nitrogens with one attached hydrogen (secondary N) is 7. The minimum atomic E-state index is -0.785. The van der Waals surface area contributed by atoms with Gasteiger partial charge in [-0.25, -0.2) is 43.2 Å². The fourth-order valence-corrected chi connectivity index (χ4v) is 13.2. The summed E-state index contributed by atoms with van der Waals surface area (Å²) in [6.07, 6.45) is 10.6. The molecule has 0 radical (unpaired) electrons. The summed E-state index contributed by atoms with van der Waals surface area (Å²) in [5, 5.41) is 22.4. The SMILES string of the molecule is CC(C)(C)COC(=O)C(=Cc1ccc(Nc2nc(Nc3ccc(C=C(C(=O)OCC(C)(C)C)C(=O)OCC(C)(C)C)cc3)nc(Nc3ccc(C(=O)NC(C)(C)CC(C)(C)C)cc3)n2)cc1)C(=O)OCC(C)(C)C.CCCCC(CC)COC(=O)c1ccc(Nc2nc(Nc3ccc(C=C(C(=O)OCC(C)(C)C)C(=O)OCC(C)(C)C)cc3)nc(Nc3ccc(C=C(C(=O)OCC(C)(C)C)C(=O)OCC(C)(C)C)cc3)n2)cc1. The maximum Gasteiger partial charge on any atom is 0.345 e. The molecule has 0 saturated heterocycles. The molecular weight excluding hydrogens is 1880 g/mol. The molecule has 8 aromatic rings. The molecule has 800 valence electrons. The summed E-state index contributed by atoms with van der Waals surface area (Å²) in [4.78, 5) is 160. The maximum atomic E-state index is 13.3. The number of amides is 1. The second kappa shape index (κ2) is 52.9. The smallest absolute Gasteiger partial charge is 0.345 e. The summed E-state index contributed by atoms with van der Waals surface area (Å²) >= 11 is 0. The van der Waals surface area contributed by atoms with Gasteiger partial charge in [-0.1, -0.05) is 269 Å². The Hall–Kier alpha value is -14.2. The van der Waals surface area contributed by atoms with Gasteiger partial charge in [0.2, 0.25) is 35.7 Å². The van der Waals surface area contributed by atoms with Crippen LogP contribution in [0.15, 0.2) is 168 Å². The molecule has 0 spiro atoms. The molecule has 148 heavy (non-hydrogen) atoms. The van der Waals surface area contributed by atoms with Gasteiger partial charge in [-0.15, -0.1) is 0 Å². The van der Waals surface area contributed by atoms with Gasteiger partial charge in [-0.2, -0.15) is 29.9 Å². The van der Waals surface area contributed by atoms with Gasteiger partial charge in [0.25, 0.3) is 5.91 Å². The van der Waals surface area contributed by atoms with Gasteiger partial charge in [0, 0.05) is 45.2 Å². The largest absolute Gasteiger partial charge is 0.462 e. The first-order chi connectivity index (χ1) is 68.6. The van der Waals surface area contributed by atoms with Crippen molar-refractivity contribution in [3.8, 4) is 0 Å². The van der Waals surface area contributed by atoms with Crippen LogP contribution in [0.5, 0.6) is 0 Å². The van der Waals surface area contributed by atoms with E-state index >= 15 is 0 Å². The van der Waals surface area contributed by atoms with E-state index in [0.29, 0.717) is 80.0 Å². The second-order valence-corrected chi connectivity index (χ2v) is 48.4. The second-order valence-electron chi connectivity index (χ2n) is 48.4. The standard InChI is InChI=1S/C58H79N7O9.C58H78N6O10/c1-53(2,3)32-58(16,17)65-45(66)39-22-28-42(29-23-39)61-52-63-50(59-40-24-18-37(19-25-40)30-43(46(67)71-33-54(4,5)6)47(68)72-34-55(7,8)9)62-51(64-52)60-41-26-20-38(21-27-41)31-44(48(69)73-35-56(10,11)12)49(70)74-36-57(13,14)15;1-15-17-18-38(16-2)33-70-47(65)41-23-29-44(30-24-41)61-54-63-52(59-42-25-19-39(20-26-42)31-45(48(66)71-34-55(3,4)5)49(67)72-35-56(6,7)8)62-53(64-54)60-43-27-21-40(22-28-43)32-46(50(68)73-36-57(9,10)11)51(69)74-37-58(12,13)14/h18-31H,32-36H2,1-17H3,(H,65,66)(H3,59,60,61,62,63,64);19-32,38H,15-18,33-37H2,1-14H3,(H3,59,60,61,62,63,64). The van der Waals surface area contributed by atoms with E-state index in [2.05, 4.69) is 102 Å². The van der Waals surface area contributed by atoms with Crippen LogP contribution in [0.2, 0.25) is 0 Å². The molecule has 1 atom stereocenters. The quantitative estimate of drug-likeness (QED) is 0.00614. The highest BCUT2D eigenvalue weighted by atomic mass is 16.6. The fraction of sp³-hybridized carbons (Fsp3) is 0.483. The Morgan fingerprint density at radius 2 is 0.459 bits per heavy atom. The van der Waals surface area contributed by atoms with E-state index in [4.69, 9.17) is 42.6 Å². The van der Waals surface area contributed by atoms with Crippen LogP contribution in [-0.4, -0.2) is 155 Å². The van der Waals surface area contributed by atoms with E-state index in [9.17, 15) is 47.9 Å². The third-order valence-corrected chi connectivity index (χ3v) is 20.2. The van der Waals surface area contributed by atoms with Crippen molar-refractivity contribution >= 4 is 154 Å². The molecule has 0 bridgehead atoms. The molecule has 2 heterocycles. The highest BCUT2D eigenvalue weighted by Crippen LogP contribution is 2.33. The Balaban J connectivity index is 0.000000401. The van der Waals surface area contributed by atoms with E-state index in [1.54, 1.807) is 146 Å². The van der Waals surface area contributed by atoms with Crippen molar-refractivity contribution in [3.63, 3.8) is 0 Å². The van der Waals surface area contributed by atoms with E-state index in [1.807, 2.05) is 180 Å². The molecule has 2 aromatic heterocycles. The molecule has 32 heteroatoms. The number of nitrogens with zero attached hydrogens (tertiary/aromatic N) is 6. The van der Waals surface area contributed by atoms with Crippen LogP contribution in [0.4, 0.5) is 69.8 Å². The first kappa shape index (κ1) is 121. The molecule has 1 unspecified atom stereocenters. The lowest BCUT2D eigenvalue weighted by atomic mass is 9.81. The predicted molar refractivity (Wildman–Crippen MR) is 582 cm³/mol. The molecule has 7 N–H and O–H groups in total. The van der Waals surface area contributed by atoms with Gasteiger partial charge < -0.3 is 79.8 Å². The fourth-order valence-electron chi connectivity index (χ4n) is 13.2. The predicted octanol–water partition coefficient (Wildman–Crippen LogP) is 24.8. The lowest BCUT2D eigenvalue weighted by Gasteiger charge is -2.33. The van der Waals surface area contributed by atoms with Crippen molar-refractivity contribution < 1.29 is 90.6 Å². The van der Waals surface area contributed by atoms with Crippen molar-refractivity contribution in [2.45, 2.75) is 252 Å². The van der Waals surface area contributed by atoms with E-state index < -0.39 is 59.3 Å². The van der Waals surface area contributed by atoms with Crippen LogP contribution >= 0.6 is 0 Å². The Kier molecular flexibility index (Phi) is 43.2. The maximum absolute atomic E-state index is 13.3. The molecule has 8 rings (SSSR count). The minimum absolute atomic E-state index is 0.0183. The number of esters is 9. The van der Waals surface area contributed by atoms with Crippen LogP contribution in [0, 0.1) is 54.7 Å². The average Bonchev–Trinajstić information content (AvgIpc) is 0.825. The summed E-state index contributed by atoms with van der Waals surface area (Å²) in [5.74, 6) is -5.66. The molecule has 32 nitrogen and oxygen atoms in total. The van der Waals surface area contributed by atoms with Crippen LogP contribution < -0.4 is 37.2 Å². The van der Waals surface area contributed by atoms with Gasteiger partial charge >= 0.3 is 53.7 Å². The Morgan fingerprint density at radius 1 is 0.264 bits per heavy atom. The number of carbonyl (C=O) groups excluding carboxylic acids is 10. The van der Waals surface area contributed by atoms with Crippen molar-refractivity contribution in [2.24, 2.45) is 54.7 Å². The van der Waals surface area contributed by atoms with Crippen LogP contribution in [0.25, 0.3) is 24.3 Å². The number of rotatable bonds is 42. The van der Waals surface area contributed by atoms with Crippen molar-refractivity contribution in [2.75, 3.05) is 91.4 Å². The van der Waals surface area contributed by atoms with Crippen LogP contribution in [-0.2, 0) is 81.0 Å². The molecule has 0 fully saturated rings. The number of benzene rings is 6. The number of ether oxygens (including phenoxy) is 9. The first-order valence-electron chi connectivity index (χ1n) is 50.1. The first-order valence-corrected chi connectivity index (χ1v) is 50.1. The van der Waals surface area contributed by atoms with Gasteiger partial charge in [0.15, 0.2) is 0 Å². The van der Waals surface area contributed by atoms with E-state index in [-0.39, 0.29) is 165 Å². The number of aromatic nitrogens is 6. The number of anilines is 12. The number of carbonyl (C=O) groups is 10. The van der Waals surface area contributed by atoms with Crippen LogP contribution in [0.3, 0.4) is 0 Å². The monoisotopic (exact) mass is 2040 g/mol. The molecule has 0 aliphatic heterocycles. The number of hydrogen-bond donors (Lipinski definition) is 7. The molecule has 0 saturated carbocycles. The zero-order valence-electron chi connectivity index (χ0n) is 92.6. The summed E-state index contributed by atoms with van der Waals surface area (Å²) in [7, 11) is 0. The van der Waals surface area contributed by atoms with Gasteiger partial charge in [-0.05, 0) is 225 Å². The molecule has 0 aliphatic rings. The van der Waals surface area contributed by atoms with Crippen molar-refractivity contribution in [1.82, 2.24) is 35.2 Å². The zero-order valence-corrected chi connectivity index (χ0v) is 92.6. The Morgan fingerprint density at radius 3 is 0.642 bits per heavy atom. The zero-order chi connectivity index (χ0) is 110. The molecular formula is C116H157N13O19. The van der Waals surface area contributed by atoms with Crippen LogP contribution in [0.1, 0.15) is 290 Å². The van der Waals surface area contributed by atoms with E-state index in [1.165, 1.54) is 24.3 Å². The molecule has 0 aliphatic carbocycles. The lowest BCUT2D eigenvalue weighted by molar-refractivity contribution is -0.151. The average molecular weight is 2040 g/mol. The highest BCUT2D eigenvalue weighted by molar-refractivity contribution is 6.20. The minimum Gasteiger partial charge on any atom is -0.462 e. The Bertz CT molecular complexity index is 5560. The molecule has 1 amide bonds. The number of unbranched alkanes of at least 4 members (excludes halogenated alkanes) is 1. The molecule has 6 aromatic carbocycles. The van der Waals surface area contributed by atoms with Gasteiger partial charge in [0.05, 0.1) is 65.0 Å². The summed E-state index contributed by atoms with van der Waals surface area (Å²) in [6.45, 7) is 62.0. The normalized spacial score (nSPS) is 12.1. The summed E-state index contributed by atoms with van der Waals surface area (Å²) < 4.78 is 49.8. The lowest BCUT2D eigenvalue weighted by Crippen LogP contribution is -2.45. The van der Waals surface area contributed by atoms with Crippen molar-refractivity contribution in [1.29, 1.82) is 0 Å². The third-order valence-electron chi connectivity index (χ3n) is 20.2. The van der Waals surface area contributed by atoms with Crippen molar-refractivity contribution in [3.05, 3.63) is 201 Å². The Labute approximate surface area is 874 Å². The van der Waals surface area contributed by atoms with Gasteiger partial charge in [0.1, 0.15) is 22.3 Å². The summed E-state index contributed by atoms with van der Waals surface area (Å²) in [5.41, 5.74) is 2.56.